The molecule has 0 amide bonds. The maximum atomic E-state index is 4.90. The molecule has 0 aliphatic heterocycles. The van der Waals surface area contributed by atoms with Crippen molar-refractivity contribution in [2.24, 2.45) is 0 Å². The maximum Gasteiger partial charge on any atom is 0.104 e. The van der Waals surface area contributed by atoms with Crippen molar-refractivity contribution in [3.8, 4) is 0 Å². The molecule has 0 saturated carbocycles. The van der Waals surface area contributed by atoms with Crippen LogP contribution in [-0.2, 0) is 17.4 Å². The average Bonchev–Trinajstić information content (AvgIpc) is 2.11. The molecule has 1 rings (SSSR count). The number of nitrogens with zero attached hydrogens (tertiary/aromatic N) is 2. The van der Waals surface area contributed by atoms with Crippen LogP contribution in [0.2, 0.25) is 0 Å². The summed E-state index contributed by atoms with van der Waals surface area (Å²) in [5.41, 5.74) is 3.98. The van der Waals surface area contributed by atoms with E-state index in [-0.39, 0.29) is 10.8 Å². The summed E-state index contributed by atoms with van der Waals surface area (Å²) in [7, 11) is 6.69. The molecule has 1 heterocycles. The minimum Gasteiger partial charge on any atom is -0.327 e. The molecule has 0 radical (unpaired) electrons. The van der Waals surface area contributed by atoms with Gasteiger partial charge >= 0.3 is 0 Å². The van der Waals surface area contributed by atoms with Crippen molar-refractivity contribution >= 4 is 0 Å². The van der Waals surface area contributed by atoms with Gasteiger partial charge in [0.05, 0.1) is 21.1 Å². The van der Waals surface area contributed by atoms with E-state index in [9.17, 15) is 0 Å². The van der Waals surface area contributed by atoms with Gasteiger partial charge in [-0.2, -0.15) is 0 Å². The molecule has 0 bridgehead atoms. The molecule has 0 aromatic carbocycles. The van der Waals surface area contributed by atoms with E-state index in [0.717, 1.165) is 11.0 Å². The fraction of sp³-hybridized carbons (Fsp3) is 0.706. The first-order chi connectivity index (χ1) is 8.29. The standard InChI is InChI=1S/C17H31N2/c1-16(2,3)14-10-13(12-19(7,8)9)11-15(18-14)17(4,5)6/h10-11H,12H2,1-9H3/q+1. The normalized spacial score (nSPS) is 13.7. The molecule has 2 heteroatoms. The number of hydrogen-bond donors (Lipinski definition) is 0. The highest BCUT2D eigenvalue weighted by molar-refractivity contribution is 5.28. The van der Waals surface area contributed by atoms with E-state index in [0.29, 0.717) is 0 Å². The molecule has 19 heavy (non-hydrogen) atoms. The summed E-state index contributed by atoms with van der Waals surface area (Å²) in [5.74, 6) is 0. The zero-order valence-corrected chi connectivity index (χ0v) is 14.3. The fourth-order valence-corrected chi connectivity index (χ4v) is 1.99. The lowest BCUT2D eigenvalue weighted by Crippen LogP contribution is -2.34. The van der Waals surface area contributed by atoms with Gasteiger partial charge in [0.25, 0.3) is 0 Å². The van der Waals surface area contributed by atoms with Crippen LogP contribution in [0.5, 0.6) is 0 Å². The second-order valence-electron chi connectivity index (χ2n) is 8.69. The van der Waals surface area contributed by atoms with Gasteiger partial charge in [0.2, 0.25) is 0 Å². The predicted molar refractivity (Wildman–Crippen MR) is 83.4 cm³/mol. The third kappa shape index (κ3) is 4.94. The van der Waals surface area contributed by atoms with Gasteiger partial charge in [-0.05, 0) is 12.1 Å². The average molecular weight is 263 g/mol. The van der Waals surface area contributed by atoms with Crippen molar-refractivity contribution in [3.05, 3.63) is 29.1 Å². The SMILES string of the molecule is CC(C)(C)c1cc(C[N+](C)(C)C)cc(C(C)(C)C)n1. The molecule has 0 aliphatic carbocycles. The monoisotopic (exact) mass is 263 g/mol. The highest BCUT2D eigenvalue weighted by Crippen LogP contribution is 2.27. The van der Waals surface area contributed by atoms with Gasteiger partial charge in [0.15, 0.2) is 0 Å². The predicted octanol–water partition coefficient (Wildman–Crippen LogP) is 3.88. The van der Waals surface area contributed by atoms with Crippen molar-refractivity contribution in [3.63, 3.8) is 0 Å². The smallest absolute Gasteiger partial charge is 0.104 e. The van der Waals surface area contributed by atoms with Crippen molar-refractivity contribution in [2.45, 2.75) is 58.9 Å². The van der Waals surface area contributed by atoms with Gasteiger partial charge in [-0.1, -0.05) is 41.5 Å². The van der Waals surface area contributed by atoms with Gasteiger partial charge < -0.3 is 4.48 Å². The molecule has 0 fully saturated rings. The van der Waals surface area contributed by atoms with Crippen LogP contribution in [-0.4, -0.2) is 30.6 Å². The van der Waals surface area contributed by atoms with Crippen LogP contribution in [0.25, 0.3) is 0 Å². The van der Waals surface area contributed by atoms with E-state index in [1.54, 1.807) is 0 Å². The third-order valence-electron chi connectivity index (χ3n) is 3.08. The van der Waals surface area contributed by atoms with Gasteiger partial charge in [-0.3, -0.25) is 4.98 Å². The fourth-order valence-electron chi connectivity index (χ4n) is 1.99. The number of rotatable bonds is 2. The summed E-state index contributed by atoms with van der Waals surface area (Å²) in [6, 6.07) is 4.55. The quantitative estimate of drug-likeness (QED) is 0.738. The molecule has 0 spiro atoms. The molecule has 1 aromatic heterocycles. The Labute approximate surface area is 119 Å². The molecular weight excluding hydrogens is 232 g/mol. The molecule has 0 N–H and O–H groups in total. The Kier molecular flexibility index (Phi) is 4.17. The van der Waals surface area contributed by atoms with Gasteiger partial charge in [0.1, 0.15) is 6.54 Å². The number of quaternary nitrogens is 1. The number of pyridine rings is 1. The van der Waals surface area contributed by atoms with E-state index in [4.69, 9.17) is 4.98 Å². The topological polar surface area (TPSA) is 12.9 Å². The first-order valence-electron chi connectivity index (χ1n) is 7.11. The van der Waals surface area contributed by atoms with E-state index in [1.165, 1.54) is 17.0 Å². The van der Waals surface area contributed by atoms with Crippen molar-refractivity contribution in [2.75, 3.05) is 21.1 Å². The zero-order valence-electron chi connectivity index (χ0n) is 14.3. The van der Waals surface area contributed by atoms with Gasteiger partial charge in [-0.25, -0.2) is 0 Å². The Hall–Kier alpha value is -0.890. The van der Waals surface area contributed by atoms with Crippen LogP contribution in [0, 0.1) is 0 Å². The van der Waals surface area contributed by atoms with Crippen LogP contribution in [0.1, 0.15) is 58.5 Å². The van der Waals surface area contributed by atoms with Crippen LogP contribution >= 0.6 is 0 Å². The van der Waals surface area contributed by atoms with E-state index in [2.05, 4.69) is 74.8 Å². The van der Waals surface area contributed by atoms with Gasteiger partial charge in [0, 0.05) is 27.8 Å². The summed E-state index contributed by atoms with van der Waals surface area (Å²) < 4.78 is 0.942. The first-order valence-corrected chi connectivity index (χ1v) is 7.11. The van der Waals surface area contributed by atoms with Crippen LogP contribution in [0.15, 0.2) is 12.1 Å². The third-order valence-corrected chi connectivity index (χ3v) is 3.08. The highest BCUT2D eigenvalue weighted by Gasteiger charge is 2.23. The Bertz CT molecular complexity index is 408. The molecule has 0 aliphatic rings. The summed E-state index contributed by atoms with van der Waals surface area (Å²) in [6.07, 6.45) is 0. The molecule has 1 aromatic rings. The van der Waals surface area contributed by atoms with Crippen molar-refractivity contribution in [1.82, 2.24) is 4.98 Å². The molecular formula is C17H31N2+. The lowest BCUT2D eigenvalue weighted by Gasteiger charge is -2.28. The van der Waals surface area contributed by atoms with Crippen molar-refractivity contribution in [1.29, 1.82) is 0 Å². The molecule has 0 saturated heterocycles. The lowest BCUT2D eigenvalue weighted by atomic mass is 9.86. The van der Waals surface area contributed by atoms with E-state index in [1.807, 2.05) is 0 Å². The first kappa shape index (κ1) is 16.2. The second kappa shape index (κ2) is 4.90. The second-order valence-corrected chi connectivity index (χ2v) is 8.69. The van der Waals surface area contributed by atoms with Crippen LogP contribution in [0.4, 0.5) is 0 Å². The molecule has 2 nitrogen and oxygen atoms in total. The number of hydrogen-bond acceptors (Lipinski definition) is 1. The van der Waals surface area contributed by atoms with E-state index < -0.39 is 0 Å². The summed E-state index contributed by atoms with van der Waals surface area (Å²) in [4.78, 5) is 4.90. The van der Waals surface area contributed by atoms with E-state index >= 15 is 0 Å². The summed E-state index contributed by atoms with van der Waals surface area (Å²) in [6.45, 7) is 14.4. The van der Waals surface area contributed by atoms with Crippen molar-refractivity contribution < 1.29 is 4.48 Å². The van der Waals surface area contributed by atoms with Crippen LogP contribution in [0.3, 0.4) is 0 Å². The molecule has 108 valence electrons. The summed E-state index contributed by atoms with van der Waals surface area (Å²) in [5, 5.41) is 0. The Morgan fingerprint density at radius 3 is 1.47 bits per heavy atom. The molecule has 0 atom stereocenters. The largest absolute Gasteiger partial charge is 0.327 e. The van der Waals surface area contributed by atoms with Gasteiger partial charge in [-0.15, -0.1) is 0 Å². The maximum absolute atomic E-state index is 4.90. The van der Waals surface area contributed by atoms with Crippen LogP contribution < -0.4 is 0 Å². The molecule has 0 unspecified atom stereocenters. The Morgan fingerprint density at radius 1 is 0.842 bits per heavy atom. The highest BCUT2D eigenvalue weighted by atomic mass is 15.3. The Balaban J connectivity index is 3.33. The minimum atomic E-state index is 0.0981. The minimum absolute atomic E-state index is 0.0981. The lowest BCUT2D eigenvalue weighted by molar-refractivity contribution is -0.884. The Morgan fingerprint density at radius 2 is 1.21 bits per heavy atom. The number of aromatic nitrogens is 1. The summed E-state index contributed by atoms with van der Waals surface area (Å²) >= 11 is 0. The zero-order chi connectivity index (χ0) is 15.1.